The van der Waals surface area contributed by atoms with E-state index in [4.69, 9.17) is 0 Å². The van der Waals surface area contributed by atoms with Crippen molar-refractivity contribution < 1.29 is 9.18 Å². The van der Waals surface area contributed by atoms with Gasteiger partial charge in [-0.2, -0.15) is 0 Å². The van der Waals surface area contributed by atoms with E-state index in [2.05, 4.69) is 25.1 Å². The molecule has 0 saturated carbocycles. The van der Waals surface area contributed by atoms with Gasteiger partial charge in [0.1, 0.15) is 11.6 Å². The first-order valence-corrected chi connectivity index (χ1v) is 12.0. The van der Waals surface area contributed by atoms with E-state index >= 15 is 0 Å². The van der Waals surface area contributed by atoms with Gasteiger partial charge in [-0.05, 0) is 43.5 Å². The van der Waals surface area contributed by atoms with Crippen molar-refractivity contribution in [3.63, 3.8) is 0 Å². The molecule has 33 heavy (non-hydrogen) atoms. The van der Waals surface area contributed by atoms with Gasteiger partial charge in [-0.1, -0.05) is 30.7 Å². The van der Waals surface area contributed by atoms with E-state index in [1.165, 1.54) is 6.07 Å². The molecule has 2 aromatic heterocycles. The topological polar surface area (TPSA) is 72.7 Å². The molecule has 1 N–H and O–H groups in total. The summed E-state index contributed by atoms with van der Waals surface area (Å²) < 4.78 is 16.6. The summed E-state index contributed by atoms with van der Waals surface area (Å²) in [5.74, 6) is 0.935. The number of thiazole rings is 1. The maximum Gasteiger partial charge on any atom is 0.228 e. The van der Waals surface area contributed by atoms with Crippen LogP contribution in [-0.2, 0) is 24.2 Å². The second kappa shape index (κ2) is 9.23. The second-order valence-electron chi connectivity index (χ2n) is 8.27. The summed E-state index contributed by atoms with van der Waals surface area (Å²) in [6.07, 6.45) is 4.40. The molecule has 0 aliphatic carbocycles. The fourth-order valence-electron chi connectivity index (χ4n) is 4.13. The predicted octanol–water partition coefficient (Wildman–Crippen LogP) is 5.42. The van der Waals surface area contributed by atoms with Crippen LogP contribution < -0.4 is 5.32 Å². The fraction of sp³-hybridized carbons (Fsp3) is 0.280. The number of carbonyl (C=O) groups is 1. The fourth-order valence-corrected chi connectivity index (χ4v) is 4.75. The summed E-state index contributed by atoms with van der Waals surface area (Å²) in [5, 5.41) is 14.4. The molecule has 168 valence electrons. The molecule has 0 spiro atoms. The standard InChI is InChI=1S/C25H24FN5OS/c1-16-27-22(15-33-16)18-8-6-17(7-9-18)13-24(32)28-21-14-19(10-11-20(21)26)25-30-29-23-5-3-2-4-12-31(23)25/h6-11,14-15H,2-5,12-13H2,1H3,(H,28,32). The van der Waals surface area contributed by atoms with Crippen LogP contribution in [0.2, 0.25) is 0 Å². The third kappa shape index (κ3) is 4.71. The molecule has 0 unspecified atom stereocenters. The van der Waals surface area contributed by atoms with Crippen LogP contribution in [0.15, 0.2) is 47.8 Å². The highest BCUT2D eigenvalue weighted by Gasteiger charge is 2.18. The van der Waals surface area contributed by atoms with Gasteiger partial charge in [-0.15, -0.1) is 21.5 Å². The molecule has 0 atom stereocenters. The van der Waals surface area contributed by atoms with Crippen LogP contribution in [0.5, 0.6) is 0 Å². The Kier molecular flexibility index (Phi) is 6.00. The van der Waals surface area contributed by atoms with Crippen LogP contribution in [-0.4, -0.2) is 25.7 Å². The molecule has 1 amide bonds. The Morgan fingerprint density at radius 3 is 2.70 bits per heavy atom. The number of aryl methyl sites for hydroxylation is 2. The molecular weight excluding hydrogens is 437 g/mol. The van der Waals surface area contributed by atoms with Crippen LogP contribution in [0, 0.1) is 12.7 Å². The van der Waals surface area contributed by atoms with E-state index in [1.807, 2.05) is 36.6 Å². The number of benzene rings is 2. The minimum absolute atomic E-state index is 0.151. The zero-order valence-corrected chi connectivity index (χ0v) is 19.2. The van der Waals surface area contributed by atoms with E-state index in [9.17, 15) is 9.18 Å². The number of halogens is 1. The first kappa shape index (κ1) is 21.5. The van der Waals surface area contributed by atoms with Crippen molar-refractivity contribution in [1.29, 1.82) is 0 Å². The van der Waals surface area contributed by atoms with Crippen LogP contribution in [0.1, 0.15) is 35.7 Å². The highest BCUT2D eigenvalue weighted by molar-refractivity contribution is 7.09. The van der Waals surface area contributed by atoms with Gasteiger partial charge in [0.15, 0.2) is 5.82 Å². The van der Waals surface area contributed by atoms with Crippen LogP contribution >= 0.6 is 11.3 Å². The first-order valence-electron chi connectivity index (χ1n) is 11.1. The average molecular weight is 462 g/mol. The quantitative estimate of drug-likeness (QED) is 0.431. The molecular formula is C25H24FN5OS. The molecule has 1 aliphatic rings. The molecule has 0 radical (unpaired) electrons. The highest BCUT2D eigenvalue weighted by Crippen LogP contribution is 2.27. The summed E-state index contributed by atoms with van der Waals surface area (Å²) in [6.45, 7) is 2.83. The summed E-state index contributed by atoms with van der Waals surface area (Å²) in [5.41, 5.74) is 3.68. The van der Waals surface area contributed by atoms with Gasteiger partial charge in [0.25, 0.3) is 0 Å². The number of nitrogens with zero attached hydrogens (tertiary/aromatic N) is 4. The number of hydrogen-bond donors (Lipinski definition) is 1. The number of amides is 1. The highest BCUT2D eigenvalue weighted by atomic mass is 32.1. The van der Waals surface area contributed by atoms with Gasteiger partial charge in [0.2, 0.25) is 5.91 Å². The van der Waals surface area contributed by atoms with Crippen LogP contribution in [0.3, 0.4) is 0 Å². The Labute approximate surface area is 195 Å². The number of anilines is 1. The monoisotopic (exact) mass is 461 g/mol. The average Bonchev–Trinajstić information content (AvgIpc) is 3.35. The third-order valence-corrected chi connectivity index (χ3v) is 6.62. The number of nitrogens with one attached hydrogen (secondary N) is 1. The molecule has 8 heteroatoms. The number of hydrogen-bond acceptors (Lipinski definition) is 5. The molecule has 0 saturated heterocycles. The van der Waals surface area contributed by atoms with E-state index in [0.29, 0.717) is 0 Å². The molecule has 2 aromatic carbocycles. The minimum atomic E-state index is -0.475. The Balaban J connectivity index is 1.30. The Morgan fingerprint density at radius 2 is 1.91 bits per heavy atom. The summed E-state index contributed by atoms with van der Waals surface area (Å²) in [4.78, 5) is 17.1. The van der Waals surface area contributed by atoms with Gasteiger partial charge < -0.3 is 9.88 Å². The number of aromatic nitrogens is 4. The zero-order valence-electron chi connectivity index (χ0n) is 18.3. The van der Waals surface area contributed by atoms with Gasteiger partial charge in [0.05, 0.1) is 22.8 Å². The van der Waals surface area contributed by atoms with Gasteiger partial charge in [0, 0.05) is 29.5 Å². The molecule has 0 fully saturated rings. The molecule has 4 aromatic rings. The van der Waals surface area contributed by atoms with Crippen molar-refractivity contribution in [2.75, 3.05) is 5.32 Å². The lowest BCUT2D eigenvalue weighted by Gasteiger charge is -2.11. The number of carbonyl (C=O) groups excluding carboxylic acids is 1. The second-order valence-corrected chi connectivity index (χ2v) is 9.33. The summed E-state index contributed by atoms with van der Waals surface area (Å²) >= 11 is 1.60. The van der Waals surface area contributed by atoms with Crippen molar-refractivity contribution in [3.05, 3.63) is 70.1 Å². The maximum absolute atomic E-state index is 14.5. The van der Waals surface area contributed by atoms with Crippen molar-refractivity contribution >= 4 is 22.9 Å². The van der Waals surface area contributed by atoms with Crippen molar-refractivity contribution in [1.82, 2.24) is 19.7 Å². The number of fused-ring (bicyclic) bond motifs is 1. The number of rotatable bonds is 5. The van der Waals surface area contributed by atoms with E-state index in [0.717, 1.165) is 71.3 Å². The normalized spacial score (nSPS) is 13.4. The lowest BCUT2D eigenvalue weighted by Crippen LogP contribution is -2.15. The lowest BCUT2D eigenvalue weighted by molar-refractivity contribution is -0.115. The van der Waals surface area contributed by atoms with E-state index in [1.54, 1.807) is 23.5 Å². The Hall–Kier alpha value is -3.39. The summed E-state index contributed by atoms with van der Waals surface area (Å²) in [7, 11) is 0. The minimum Gasteiger partial charge on any atom is -0.323 e. The lowest BCUT2D eigenvalue weighted by atomic mass is 10.1. The molecule has 6 nitrogen and oxygen atoms in total. The molecule has 5 rings (SSSR count). The SMILES string of the molecule is Cc1nc(-c2ccc(CC(=O)Nc3cc(-c4nnc5n4CCCCC5)ccc3F)cc2)cs1. The zero-order chi connectivity index (χ0) is 22.8. The molecule has 0 bridgehead atoms. The van der Waals surface area contributed by atoms with Crippen molar-refractivity contribution in [2.24, 2.45) is 0 Å². The Bertz CT molecular complexity index is 1290. The smallest absolute Gasteiger partial charge is 0.228 e. The van der Waals surface area contributed by atoms with Crippen LogP contribution in [0.4, 0.5) is 10.1 Å². The van der Waals surface area contributed by atoms with Gasteiger partial charge >= 0.3 is 0 Å². The molecule has 3 heterocycles. The first-order chi connectivity index (χ1) is 16.1. The molecule has 1 aliphatic heterocycles. The maximum atomic E-state index is 14.5. The van der Waals surface area contributed by atoms with Gasteiger partial charge in [-0.25, -0.2) is 9.37 Å². The van der Waals surface area contributed by atoms with Crippen LogP contribution in [0.25, 0.3) is 22.6 Å². The predicted molar refractivity (Wildman–Crippen MR) is 128 cm³/mol. The largest absolute Gasteiger partial charge is 0.323 e. The summed E-state index contributed by atoms with van der Waals surface area (Å²) in [6, 6.07) is 12.4. The Morgan fingerprint density at radius 1 is 1.09 bits per heavy atom. The third-order valence-electron chi connectivity index (χ3n) is 5.84. The van der Waals surface area contributed by atoms with Gasteiger partial charge in [-0.3, -0.25) is 4.79 Å². The van der Waals surface area contributed by atoms with Crippen molar-refractivity contribution in [3.8, 4) is 22.6 Å². The van der Waals surface area contributed by atoms with Crippen molar-refractivity contribution in [2.45, 2.75) is 45.6 Å². The van der Waals surface area contributed by atoms with E-state index in [-0.39, 0.29) is 18.0 Å². The van der Waals surface area contributed by atoms with E-state index < -0.39 is 5.82 Å².